The highest BCUT2D eigenvalue weighted by Crippen LogP contribution is 2.43. The number of allylic oxidation sites excluding steroid dienone is 8. The lowest BCUT2D eigenvalue weighted by Crippen LogP contribution is -2.29. The zero-order chi connectivity index (χ0) is 46.0. The van der Waals surface area contributed by atoms with E-state index in [0.29, 0.717) is 6.42 Å². The Bertz CT molecular complexity index is 1170. The van der Waals surface area contributed by atoms with Crippen molar-refractivity contribution in [2.75, 3.05) is 26.4 Å². The van der Waals surface area contributed by atoms with Crippen molar-refractivity contribution in [3.05, 3.63) is 48.6 Å². The van der Waals surface area contributed by atoms with Gasteiger partial charge in [-0.3, -0.25) is 18.6 Å². The fourth-order valence-electron chi connectivity index (χ4n) is 7.39. The Hall–Kier alpha value is -2.03. The molecule has 0 spiro atoms. The van der Waals surface area contributed by atoms with E-state index in [0.717, 1.165) is 57.8 Å². The number of phosphoric ester groups is 1. The number of phosphoric acid groups is 1. The number of unbranched alkanes of at least 4 members (excludes halogenated alkanes) is 28. The molecule has 368 valence electrons. The average Bonchev–Trinajstić information content (AvgIpc) is 3.27. The molecule has 0 amide bonds. The molecule has 0 saturated heterocycles. The molecule has 10 heteroatoms. The molecular weight excluding hydrogens is 810 g/mol. The maximum atomic E-state index is 12.6. The second-order valence-corrected chi connectivity index (χ2v) is 18.8. The SMILES string of the molecule is CC/C=C\C/C=C\C/C=C\C/C=C\CCCCCCCCCCCCCCCCCCCCC(=O)OC(COC(=O)CCCCCCCCCCCCC)COP(=O)(O)OCCN. The molecule has 0 aliphatic carbocycles. The van der Waals surface area contributed by atoms with Gasteiger partial charge in [0.15, 0.2) is 6.10 Å². The van der Waals surface area contributed by atoms with Gasteiger partial charge in [0.2, 0.25) is 0 Å². The Morgan fingerprint density at radius 2 is 0.873 bits per heavy atom. The molecule has 63 heavy (non-hydrogen) atoms. The highest BCUT2D eigenvalue weighted by Gasteiger charge is 2.26. The van der Waals surface area contributed by atoms with Crippen molar-refractivity contribution >= 4 is 19.8 Å². The number of hydrogen-bond acceptors (Lipinski definition) is 8. The molecule has 3 N–H and O–H groups in total. The molecule has 0 aliphatic rings. The number of hydrogen-bond donors (Lipinski definition) is 2. The summed E-state index contributed by atoms with van der Waals surface area (Å²) in [6.45, 7) is 3.64. The van der Waals surface area contributed by atoms with Gasteiger partial charge in [-0.1, -0.05) is 229 Å². The van der Waals surface area contributed by atoms with Gasteiger partial charge in [-0.25, -0.2) is 4.57 Å². The number of carbonyl (C=O) groups is 2. The third-order valence-corrected chi connectivity index (χ3v) is 12.2. The molecule has 0 rings (SSSR count). The molecule has 9 nitrogen and oxygen atoms in total. The van der Waals surface area contributed by atoms with Crippen molar-refractivity contribution in [2.45, 2.75) is 251 Å². The van der Waals surface area contributed by atoms with E-state index in [1.54, 1.807) is 0 Å². The van der Waals surface area contributed by atoms with Crippen LogP contribution in [-0.4, -0.2) is 49.3 Å². The molecule has 0 aromatic carbocycles. The molecule has 0 heterocycles. The zero-order valence-electron chi connectivity index (χ0n) is 40.8. The van der Waals surface area contributed by atoms with Crippen LogP contribution < -0.4 is 5.73 Å². The second-order valence-electron chi connectivity index (χ2n) is 17.4. The molecule has 0 radical (unpaired) electrons. The molecule has 2 unspecified atom stereocenters. The van der Waals surface area contributed by atoms with Gasteiger partial charge in [0, 0.05) is 19.4 Å². The number of rotatable bonds is 49. The van der Waals surface area contributed by atoms with Gasteiger partial charge in [0.1, 0.15) is 6.61 Å². The summed E-state index contributed by atoms with van der Waals surface area (Å²) >= 11 is 0. The minimum Gasteiger partial charge on any atom is -0.462 e. The van der Waals surface area contributed by atoms with Crippen LogP contribution in [0.5, 0.6) is 0 Å². The van der Waals surface area contributed by atoms with E-state index in [1.165, 1.54) is 154 Å². The van der Waals surface area contributed by atoms with E-state index in [2.05, 4.69) is 62.5 Å². The van der Waals surface area contributed by atoms with Gasteiger partial charge >= 0.3 is 19.8 Å². The summed E-state index contributed by atoms with van der Waals surface area (Å²) in [7, 11) is -4.38. The van der Waals surface area contributed by atoms with Crippen molar-refractivity contribution in [1.29, 1.82) is 0 Å². The molecule has 0 aliphatic heterocycles. The summed E-state index contributed by atoms with van der Waals surface area (Å²) in [5.74, 6) is -0.819. The minimum atomic E-state index is -4.38. The van der Waals surface area contributed by atoms with Crippen LogP contribution in [0.15, 0.2) is 48.6 Å². The lowest BCUT2D eigenvalue weighted by atomic mass is 10.0. The first kappa shape index (κ1) is 61.0. The zero-order valence-corrected chi connectivity index (χ0v) is 41.7. The first-order chi connectivity index (χ1) is 30.8. The Kier molecular flexibility index (Phi) is 47.8. The summed E-state index contributed by atoms with van der Waals surface area (Å²) < 4.78 is 32.9. The lowest BCUT2D eigenvalue weighted by molar-refractivity contribution is -0.161. The van der Waals surface area contributed by atoms with Crippen LogP contribution in [0.1, 0.15) is 245 Å². The van der Waals surface area contributed by atoms with Crippen molar-refractivity contribution in [2.24, 2.45) is 5.73 Å². The molecule has 0 bridgehead atoms. The summed E-state index contributed by atoms with van der Waals surface area (Å²) in [4.78, 5) is 34.9. The monoisotopic (exact) mass is 908 g/mol. The maximum absolute atomic E-state index is 12.6. The molecule has 0 saturated carbocycles. The van der Waals surface area contributed by atoms with E-state index in [4.69, 9.17) is 24.3 Å². The number of carbonyl (C=O) groups excluding carboxylic acids is 2. The summed E-state index contributed by atoms with van der Waals surface area (Å²) in [6, 6.07) is 0. The largest absolute Gasteiger partial charge is 0.472 e. The minimum absolute atomic E-state index is 0.0549. The topological polar surface area (TPSA) is 134 Å². The van der Waals surface area contributed by atoms with Crippen LogP contribution in [0.2, 0.25) is 0 Å². The first-order valence-corrected chi connectivity index (χ1v) is 27.6. The highest BCUT2D eigenvalue weighted by atomic mass is 31.2. The van der Waals surface area contributed by atoms with Crippen LogP contribution in [0.25, 0.3) is 0 Å². The first-order valence-electron chi connectivity index (χ1n) is 26.1. The van der Waals surface area contributed by atoms with Crippen LogP contribution >= 0.6 is 7.82 Å². The van der Waals surface area contributed by atoms with E-state index in [-0.39, 0.29) is 38.6 Å². The summed E-state index contributed by atoms with van der Waals surface area (Å²) in [5, 5.41) is 0. The number of nitrogens with two attached hydrogens (primary N) is 1. The van der Waals surface area contributed by atoms with Crippen LogP contribution in [0.4, 0.5) is 0 Å². The van der Waals surface area contributed by atoms with Crippen LogP contribution in [-0.2, 0) is 32.7 Å². The van der Waals surface area contributed by atoms with Gasteiger partial charge in [-0.05, 0) is 51.4 Å². The van der Waals surface area contributed by atoms with E-state index in [9.17, 15) is 19.0 Å². The lowest BCUT2D eigenvalue weighted by Gasteiger charge is -2.19. The Labute approximate surface area is 387 Å². The molecule has 0 aromatic heterocycles. The van der Waals surface area contributed by atoms with Gasteiger partial charge in [0.05, 0.1) is 13.2 Å². The van der Waals surface area contributed by atoms with Crippen molar-refractivity contribution in [3.8, 4) is 0 Å². The molecular formula is C53H98NO8P. The third kappa shape index (κ3) is 49.2. The summed E-state index contributed by atoms with van der Waals surface area (Å²) in [6.07, 6.45) is 58.9. The fourth-order valence-corrected chi connectivity index (χ4v) is 8.16. The van der Waals surface area contributed by atoms with Gasteiger partial charge in [0.25, 0.3) is 0 Å². The van der Waals surface area contributed by atoms with Crippen molar-refractivity contribution in [1.82, 2.24) is 0 Å². The average molecular weight is 908 g/mol. The predicted molar refractivity (Wildman–Crippen MR) is 266 cm³/mol. The van der Waals surface area contributed by atoms with Gasteiger partial charge in [-0.15, -0.1) is 0 Å². The van der Waals surface area contributed by atoms with Crippen molar-refractivity contribution < 1.29 is 37.6 Å². The maximum Gasteiger partial charge on any atom is 0.472 e. The van der Waals surface area contributed by atoms with Gasteiger partial charge in [-0.2, -0.15) is 0 Å². The number of ether oxygens (including phenoxy) is 2. The molecule has 0 fully saturated rings. The van der Waals surface area contributed by atoms with E-state index < -0.39 is 26.5 Å². The molecule has 2 atom stereocenters. The normalized spacial score (nSPS) is 13.5. The van der Waals surface area contributed by atoms with Crippen molar-refractivity contribution in [3.63, 3.8) is 0 Å². The summed E-state index contributed by atoms with van der Waals surface area (Å²) in [5.41, 5.74) is 5.36. The second kappa shape index (κ2) is 49.4. The van der Waals surface area contributed by atoms with Crippen LogP contribution in [0.3, 0.4) is 0 Å². The van der Waals surface area contributed by atoms with Crippen LogP contribution in [0, 0.1) is 0 Å². The van der Waals surface area contributed by atoms with E-state index in [1.807, 2.05) is 0 Å². The Morgan fingerprint density at radius 1 is 0.492 bits per heavy atom. The van der Waals surface area contributed by atoms with Gasteiger partial charge < -0.3 is 20.1 Å². The Morgan fingerprint density at radius 3 is 1.30 bits per heavy atom. The predicted octanol–water partition coefficient (Wildman–Crippen LogP) is 15.8. The van der Waals surface area contributed by atoms with E-state index >= 15 is 0 Å². The third-order valence-electron chi connectivity index (χ3n) is 11.2. The standard InChI is InChI=1S/C53H98NO8P/c1-3-5-7-9-11-13-15-16-17-18-19-20-21-22-23-24-25-26-27-28-29-30-31-32-33-34-36-38-40-42-44-46-53(56)62-51(50-61-63(57,58)60-48-47-54)49-59-52(55)45-43-41-39-37-35-14-12-10-8-6-4-2/h5,7,11,13,16-17,19-20,51H,3-4,6,8-10,12,14-15,18,21-50,54H2,1-2H3,(H,57,58)/b7-5-,13-11-,17-16-,20-19-. The molecule has 0 aromatic rings. The highest BCUT2D eigenvalue weighted by molar-refractivity contribution is 7.47. The fraction of sp³-hybridized carbons (Fsp3) is 0.811. The smallest absolute Gasteiger partial charge is 0.462 e. The number of esters is 2. The Balaban J connectivity index is 3.87. The quantitative estimate of drug-likeness (QED) is 0.0265.